The highest BCUT2D eigenvalue weighted by Crippen LogP contribution is 2.22. The number of hydrogen-bond donors (Lipinski definition) is 3. The van der Waals surface area contributed by atoms with Gasteiger partial charge in [0, 0.05) is 5.54 Å². The van der Waals surface area contributed by atoms with E-state index in [2.05, 4.69) is 16.0 Å². The van der Waals surface area contributed by atoms with Crippen molar-refractivity contribution in [3.63, 3.8) is 0 Å². The van der Waals surface area contributed by atoms with Gasteiger partial charge >= 0.3 is 6.03 Å². The standard InChI is InChI=1S/C18H28N4O4/c1-6-22(12-16(24)20-17(25)21-18(2,3)4)11-15(23)19-13-9-7-8-10-14(13)26-5/h7-10H,6,11-12H2,1-5H3,(H,19,23)(H2,20,21,24,25). The molecule has 0 aromatic heterocycles. The fraction of sp³-hybridized carbons (Fsp3) is 0.500. The molecule has 0 aliphatic rings. The maximum atomic E-state index is 12.2. The Morgan fingerprint density at radius 1 is 1.08 bits per heavy atom. The van der Waals surface area contributed by atoms with Gasteiger partial charge in [0.25, 0.3) is 0 Å². The van der Waals surface area contributed by atoms with Gasteiger partial charge in [-0.25, -0.2) is 4.79 Å². The van der Waals surface area contributed by atoms with Gasteiger partial charge in [0.15, 0.2) is 0 Å². The SMILES string of the molecule is CCN(CC(=O)NC(=O)NC(C)(C)C)CC(=O)Nc1ccccc1OC. The molecule has 4 amide bonds. The molecule has 0 spiro atoms. The van der Waals surface area contributed by atoms with Gasteiger partial charge in [-0.05, 0) is 39.4 Å². The highest BCUT2D eigenvalue weighted by atomic mass is 16.5. The molecule has 0 fully saturated rings. The van der Waals surface area contributed by atoms with E-state index in [1.165, 1.54) is 7.11 Å². The molecule has 1 aromatic carbocycles. The Morgan fingerprint density at radius 3 is 2.27 bits per heavy atom. The average Bonchev–Trinajstić information content (AvgIpc) is 2.52. The highest BCUT2D eigenvalue weighted by Gasteiger charge is 2.18. The zero-order valence-electron chi connectivity index (χ0n) is 16.0. The number of carbonyl (C=O) groups excluding carboxylic acids is 3. The summed E-state index contributed by atoms with van der Waals surface area (Å²) in [5, 5.41) is 7.66. The molecule has 0 radical (unpaired) electrons. The fourth-order valence-electron chi connectivity index (χ4n) is 2.16. The van der Waals surface area contributed by atoms with Crippen molar-refractivity contribution in [3.8, 4) is 5.75 Å². The average molecular weight is 364 g/mol. The van der Waals surface area contributed by atoms with Crippen LogP contribution in [0.25, 0.3) is 0 Å². The molecular formula is C18H28N4O4. The first kappa shape index (κ1) is 21.4. The normalized spacial score (nSPS) is 11.0. The molecular weight excluding hydrogens is 336 g/mol. The third-order valence-corrected chi connectivity index (χ3v) is 3.30. The predicted octanol–water partition coefficient (Wildman–Crippen LogP) is 1.58. The van der Waals surface area contributed by atoms with Crippen molar-refractivity contribution in [2.75, 3.05) is 32.1 Å². The van der Waals surface area contributed by atoms with Crippen LogP contribution in [0.5, 0.6) is 5.75 Å². The molecule has 1 aromatic rings. The van der Waals surface area contributed by atoms with Gasteiger partial charge in [0.1, 0.15) is 5.75 Å². The molecule has 8 nitrogen and oxygen atoms in total. The van der Waals surface area contributed by atoms with Gasteiger partial charge in [-0.3, -0.25) is 19.8 Å². The van der Waals surface area contributed by atoms with Crippen LogP contribution in [-0.4, -0.2) is 55.0 Å². The van der Waals surface area contributed by atoms with Crippen LogP contribution >= 0.6 is 0 Å². The molecule has 0 saturated heterocycles. The number of ether oxygens (including phenoxy) is 1. The second-order valence-corrected chi connectivity index (χ2v) is 6.80. The number of amides is 4. The van der Waals surface area contributed by atoms with E-state index in [9.17, 15) is 14.4 Å². The van der Waals surface area contributed by atoms with E-state index in [4.69, 9.17) is 4.74 Å². The molecule has 144 valence electrons. The first-order valence-corrected chi connectivity index (χ1v) is 8.41. The van der Waals surface area contributed by atoms with Gasteiger partial charge in [0.05, 0.1) is 25.9 Å². The van der Waals surface area contributed by atoms with Crippen molar-refractivity contribution >= 4 is 23.5 Å². The van der Waals surface area contributed by atoms with Gasteiger partial charge in [-0.1, -0.05) is 19.1 Å². The van der Waals surface area contributed by atoms with Crippen LogP contribution < -0.4 is 20.7 Å². The predicted molar refractivity (Wildman–Crippen MR) is 100 cm³/mol. The number of methoxy groups -OCH3 is 1. The fourth-order valence-corrected chi connectivity index (χ4v) is 2.16. The van der Waals surface area contributed by atoms with E-state index in [1.54, 1.807) is 29.2 Å². The molecule has 3 N–H and O–H groups in total. The smallest absolute Gasteiger partial charge is 0.321 e. The number of likely N-dealkylation sites (N-methyl/N-ethyl adjacent to an activating group) is 1. The molecule has 0 aliphatic carbocycles. The summed E-state index contributed by atoms with van der Waals surface area (Å²) in [5.74, 6) is -0.192. The maximum absolute atomic E-state index is 12.2. The summed E-state index contributed by atoms with van der Waals surface area (Å²) in [7, 11) is 1.52. The van der Waals surface area contributed by atoms with E-state index in [-0.39, 0.29) is 19.0 Å². The number of benzene rings is 1. The summed E-state index contributed by atoms with van der Waals surface area (Å²) >= 11 is 0. The van der Waals surface area contributed by atoms with Gasteiger partial charge < -0.3 is 15.4 Å². The summed E-state index contributed by atoms with van der Waals surface area (Å²) in [6.07, 6.45) is 0. The third-order valence-electron chi connectivity index (χ3n) is 3.30. The lowest BCUT2D eigenvalue weighted by molar-refractivity contribution is -0.122. The van der Waals surface area contributed by atoms with Crippen molar-refractivity contribution in [2.45, 2.75) is 33.2 Å². The zero-order valence-corrected chi connectivity index (χ0v) is 16.0. The Kier molecular flexibility index (Phi) is 8.05. The molecule has 26 heavy (non-hydrogen) atoms. The first-order valence-electron chi connectivity index (χ1n) is 8.41. The quantitative estimate of drug-likeness (QED) is 0.682. The molecule has 0 atom stereocenters. The molecule has 0 bridgehead atoms. The second-order valence-electron chi connectivity index (χ2n) is 6.80. The number of urea groups is 1. The minimum absolute atomic E-state index is 0.0167. The van der Waals surface area contributed by atoms with Gasteiger partial charge in [0.2, 0.25) is 11.8 Å². The van der Waals surface area contributed by atoms with Crippen LogP contribution in [0.15, 0.2) is 24.3 Å². The molecule has 1 rings (SSSR count). The first-order chi connectivity index (χ1) is 12.1. The lowest BCUT2D eigenvalue weighted by Gasteiger charge is -2.22. The number of imide groups is 1. The number of nitrogens with one attached hydrogen (secondary N) is 3. The molecule has 0 aliphatic heterocycles. The van der Waals surface area contributed by atoms with E-state index in [0.29, 0.717) is 18.0 Å². The van der Waals surface area contributed by atoms with Crippen LogP contribution in [0.2, 0.25) is 0 Å². The van der Waals surface area contributed by atoms with E-state index in [1.807, 2.05) is 27.7 Å². The lowest BCUT2D eigenvalue weighted by atomic mass is 10.1. The molecule has 0 heterocycles. The summed E-state index contributed by atoms with van der Waals surface area (Å²) < 4.78 is 5.19. The minimum Gasteiger partial charge on any atom is -0.495 e. The summed E-state index contributed by atoms with van der Waals surface area (Å²) in [6, 6.07) is 6.51. The van der Waals surface area contributed by atoms with Crippen LogP contribution in [0.1, 0.15) is 27.7 Å². The highest BCUT2D eigenvalue weighted by molar-refractivity contribution is 5.96. The van der Waals surface area contributed by atoms with Crippen molar-refractivity contribution < 1.29 is 19.1 Å². The number of hydrogen-bond acceptors (Lipinski definition) is 5. The Labute approximate surface area is 154 Å². The topological polar surface area (TPSA) is 99.8 Å². The van der Waals surface area contributed by atoms with Crippen molar-refractivity contribution in [2.24, 2.45) is 0 Å². The minimum atomic E-state index is -0.558. The van der Waals surface area contributed by atoms with Gasteiger partial charge in [-0.2, -0.15) is 0 Å². The maximum Gasteiger partial charge on any atom is 0.321 e. The van der Waals surface area contributed by atoms with Crippen molar-refractivity contribution in [1.29, 1.82) is 0 Å². The van der Waals surface area contributed by atoms with Crippen LogP contribution in [0.4, 0.5) is 10.5 Å². The molecule has 8 heteroatoms. The molecule has 0 unspecified atom stereocenters. The number of anilines is 1. The number of carbonyl (C=O) groups is 3. The number of rotatable bonds is 7. The number of para-hydroxylation sites is 2. The summed E-state index contributed by atoms with van der Waals surface area (Å²) in [4.78, 5) is 37.6. The van der Waals surface area contributed by atoms with E-state index < -0.39 is 17.5 Å². The van der Waals surface area contributed by atoms with Crippen molar-refractivity contribution in [1.82, 2.24) is 15.5 Å². The van der Waals surface area contributed by atoms with E-state index in [0.717, 1.165) is 0 Å². The van der Waals surface area contributed by atoms with E-state index >= 15 is 0 Å². The summed E-state index contributed by atoms with van der Waals surface area (Å²) in [5.41, 5.74) is 0.119. The lowest BCUT2D eigenvalue weighted by Crippen LogP contribution is -2.50. The van der Waals surface area contributed by atoms with Crippen LogP contribution in [0, 0.1) is 0 Å². The van der Waals surface area contributed by atoms with Crippen molar-refractivity contribution in [3.05, 3.63) is 24.3 Å². The Bertz CT molecular complexity index is 640. The summed E-state index contributed by atoms with van der Waals surface area (Å²) in [6.45, 7) is 7.72. The van der Waals surface area contributed by atoms with Crippen LogP contribution in [-0.2, 0) is 9.59 Å². The Hall–Kier alpha value is -2.61. The monoisotopic (exact) mass is 364 g/mol. The largest absolute Gasteiger partial charge is 0.495 e. The third kappa shape index (κ3) is 7.98. The molecule has 0 saturated carbocycles. The second kappa shape index (κ2) is 9.76. The van der Waals surface area contributed by atoms with Crippen LogP contribution in [0.3, 0.4) is 0 Å². The number of nitrogens with zero attached hydrogens (tertiary/aromatic N) is 1. The van der Waals surface area contributed by atoms with Gasteiger partial charge in [-0.15, -0.1) is 0 Å². The zero-order chi connectivity index (χ0) is 19.7. The Morgan fingerprint density at radius 2 is 1.69 bits per heavy atom. The Balaban J connectivity index is 2.54.